The molecule has 1 saturated heterocycles. The van der Waals surface area contributed by atoms with Crippen molar-refractivity contribution in [2.75, 3.05) is 37.5 Å². The molecule has 1 aromatic rings. The van der Waals surface area contributed by atoms with Gasteiger partial charge < -0.3 is 5.32 Å². The number of nitrogens with zero attached hydrogens (tertiary/aromatic N) is 3. The standard InChI is InChI=1S/C13H20N4S/c1-14-12-7-10(9-3-4-9)15-13(16-12)11-8-18-6-5-17(11)2/h7,9,11H,3-6,8H2,1-2H3,(H,14,15,16). The molecule has 0 radical (unpaired) electrons. The van der Waals surface area contributed by atoms with Crippen molar-refractivity contribution in [1.82, 2.24) is 14.9 Å². The second kappa shape index (κ2) is 5.05. The topological polar surface area (TPSA) is 41.1 Å². The molecule has 0 spiro atoms. The normalized spacial score (nSPS) is 25.1. The van der Waals surface area contributed by atoms with E-state index in [9.17, 15) is 0 Å². The second-order valence-electron chi connectivity index (χ2n) is 5.13. The van der Waals surface area contributed by atoms with Crippen molar-refractivity contribution in [1.29, 1.82) is 0 Å². The van der Waals surface area contributed by atoms with E-state index in [0.29, 0.717) is 12.0 Å². The van der Waals surface area contributed by atoms with Gasteiger partial charge in [-0.05, 0) is 19.9 Å². The molecular weight excluding hydrogens is 244 g/mol. The molecule has 1 saturated carbocycles. The lowest BCUT2D eigenvalue weighted by molar-refractivity contribution is 0.264. The smallest absolute Gasteiger partial charge is 0.148 e. The van der Waals surface area contributed by atoms with Gasteiger partial charge in [0.2, 0.25) is 0 Å². The number of anilines is 1. The fourth-order valence-corrected chi connectivity index (χ4v) is 3.52. The Morgan fingerprint density at radius 2 is 2.22 bits per heavy atom. The van der Waals surface area contributed by atoms with Crippen molar-refractivity contribution in [3.63, 3.8) is 0 Å². The van der Waals surface area contributed by atoms with E-state index < -0.39 is 0 Å². The van der Waals surface area contributed by atoms with Crippen molar-refractivity contribution in [3.8, 4) is 0 Å². The predicted octanol–water partition coefficient (Wildman–Crippen LogP) is 2.12. The zero-order chi connectivity index (χ0) is 12.5. The maximum Gasteiger partial charge on any atom is 0.148 e. The van der Waals surface area contributed by atoms with Gasteiger partial charge in [0, 0.05) is 42.8 Å². The number of rotatable bonds is 3. The molecule has 3 rings (SSSR count). The van der Waals surface area contributed by atoms with Gasteiger partial charge in [0.05, 0.1) is 6.04 Å². The molecule has 1 aliphatic carbocycles. The number of thioether (sulfide) groups is 1. The Kier molecular flexibility index (Phi) is 3.43. The van der Waals surface area contributed by atoms with Crippen LogP contribution in [-0.4, -0.2) is 47.0 Å². The lowest BCUT2D eigenvalue weighted by Gasteiger charge is -2.31. The number of hydrogen-bond donors (Lipinski definition) is 1. The third-order valence-corrected chi connectivity index (χ3v) is 4.73. The Morgan fingerprint density at radius 3 is 2.89 bits per heavy atom. The van der Waals surface area contributed by atoms with Crippen LogP contribution in [0.25, 0.3) is 0 Å². The van der Waals surface area contributed by atoms with E-state index in [0.717, 1.165) is 23.9 Å². The molecule has 98 valence electrons. The van der Waals surface area contributed by atoms with Crippen LogP contribution in [0.2, 0.25) is 0 Å². The van der Waals surface area contributed by atoms with Gasteiger partial charge in [0.15, 0.2) is 0 Å². The third kappa shape index (κ3) is 2.47. The number of hydrogen-bond acceptors (Lipinski definition) is 5. The van der Waals surface area contributed by atoms with Crippen LogP contribution in [0.4, 0.5) is 5.82 Å². The second-order valence-corrected chi connectivity index (χ2v) is 6.28. The first-order valence-electron chi connectivity index (χ1n) is 6.62. The monoisotopic (exact) mass is 264 g/mol. The molecule has 0 amide bonds. The summed E-state index contributed by atoms with van der Waals surface area (Å²) in [6, 6.07) is 2.48. The average molecular weight is 264 g/mol. The fraction of sp³-hybridized carbons (Fsp3) is 0.692. The fourth-order valence-electron chi connectivity index (χ4n) is 2.31. The largest absolute Gasteiger partial charge is 0.373 e. The van der Waals surface area contributed by atoms with Crippen LogP contribution >= 0.6 is 11.8 Å². The van der Waals surface area contributed by atoms with E-state index in [-0.39, 0.29) is 0 Å². The summed E-state index contributed by atoms with van der Waals surface area (Å²) in [6.45, 7) is 1.13. The first-order valence-corrected chi connectivity index (χ1v) is 7.78. The van der Waals surface area contributed by atoms with Gasteiger partial charge in [0.25, 0.3) is 0 Å². The molecule has 2 fully saturated rings. The van der Waals surface area contributed by atoms with Crippen LogP contribution in [0, 0.1) is 0 Å². The Hall–Kier alpha value is -0.810. The highest BCUT2D eigenvalue weighted by molar-refractivity contribution is 7.99. The molecule has 1 unspecified atom stereocenters. The van der Waals surface area contributed by atoms with E-state index in [1.54, 1.807) is 0 Å². The van der Waals surface area contributed by atoms with Gasteiger partial charge in [0.1, 0.15) is 11.6 Å². The van der Waals surface area contributed by atoms with Crippen LogP contribution in [0.3, 0.4) is 0 Å². The summed E-state index contributed by atoms with van der Waals surface area (Å²) in [6.07, 6.45) is 2.57. The Bertz CT molecular complexity index is 433. The first kappa shape index (κ1) is 12.2. The van der Waals surface area contributed by atoms with Crippen molar-refractivity contribution in [2.24, 2.45) is 0 Å². The number of aromatic nitrogens is 2. The molecule has 1 atom stereocenters. The summed E-state index contributed by atoms with van der Waals surface area (Å²) >= 11 is 2.00. The van der Waals surface area contributed by atoms with E-state index >= 15 is 0 Å². The van der Waals surface area contributed by atoms with Crippen molar-refractivity contribution in [3.05, 3.63) is 17.6 Å². The average Bonchev–Trinajstić information content (AvgIpc) is 3.23. The maximum absolute atomic E-state index is 4.81. The molecule has 4 nitrogen and oxygen atoms in total. The minimum atomic E-state index is 0.370. The highest BCUT2D eigenvalue weighted by atomic mass is 32.2. The van der Waals surface area contributed by atoms with Crippen molar-refractivity contribution in [2.45, 2.75) is 24.8 Å². The summed E-state index contributed by atoms with van der Waals surface area (Å²) in [4.78, 5) is 11.8. The zero-order valence-corrected chi connectivity index (χ0v) is 11.8. The molecule has 1 N–H and O–H groups in total. The van der Waals surface area contributed by atoms with Gasteiger partial charge in [-0.3, -0.25) is 4.90 Å². The van der Waals surface area contributed by atoms with E-state index in [2.05, 4.69) is 28.3 Å². The summed E-state index contributed by atoms with van der Waals surface area (Å²) in [5, 5.41) is 3.17. The van der Waals surface area contributed by atoms with Gasteiger partial charge in [-0.2, -0.15) is 11.8 Å². The molecule has 1 aromatic heterocycles. The van der Waals surface area contributed by atoms with Gasteiger partial charge in [-0.25, -0.2) is 9.97 Å². The first-order chi connectivity index (χ1) is 8.78. The highest BCUT2D eigenvalue weighted by Crippen LogP contribution is 2.40. The van der Waals surface area contributed by atoms with Crippen LogP contribution < -0.4 is 5.32 Å². The molecule has 2 aliphatic rings. The molecular formula is C13H20N4S. The maximum atomic E-state index is 4.81. The lowest BCUT2D eigenvalue weighted by Crippen LogP contribution is -2.34. The molecule has 0 aromatic carbocycles. The summed E-state index contributed by atoms with van der Waals surface area (Å²) in [5.74, 6) is 4.96. The van der Waals surface area contributed by atoms with E-state index in [1.807, 2.05) is 18.8 Å². The van der Waals surface area contributed by atoms with Crippen molar-refractivity contribution < 1.29 is 0 Å². The molecule has 2 heterocycles. The minimum Gasteiger partial charge on any atom is -0.373 e. The van der Waals surface area contributed by atoms with Crippen molar-refractivity contribution >= 4 is 17.6 Å². The van der Waals surface area contributed by atoms with E-state index in [4.69, 9.17) is 4.98 Å². The molecule has 0 bridgehead atoms. The Balaban J connectivity index is 1.91. The SMILES string of the molecule is CNc1cc(C2CC2)nc(C2CSCCN2C)n1. The van der Waals surface area contributed by atoms with Crippen LogP contribution in [0.1, 0.15) is 36.3 Å². The number of nitrogens with one attached hydrogen (secondary N) is 1. The lowest BCUT2D eigenvalue weighted by atomic mass is 10.2. The Labute approximate surface area is 113 Å². The van der Waals surface area contributed by atoms with Crippen LogP contribution in [-0.2, 0) is 0 Å². The Morgan fingerprint density at radius 1 is 1.39 bits per heavy atom. The summed E-state index contributed by atoms with van der Waals surface area (Å²) < 4.78 is 0. The van der Waals surface area contributed by atoms with Gasteiger partial charge in [-0.1, -0.05) is 0 Å². The predicted molar refractivity (Wildman–Crippen MR) is 76.2 cm³/mol. The van der Waals surface area contributed by atoms with E-state index in [1.165, 1.54) is 24.3 Å². The molecule has 1 aliphatic heterocycles. The summed E-state index contributed by atoms with van der Waals surface area (Å²) in [5.41, 5.74) is 1.23. The molecule has 18 heavy (non-hydrogen) atoms. The van der Waals surface area contributed by atoms with Gasteiger partial charge in [-0.15, -0.1) is 0 Å². The molecule has 5 heteroatoms. The summed E-state index contributed by atoms with van der Waals surface area (Å²) in [7, 11) is 4.11. The van der Waals surface area contributed by atoms with Crippen LogP contribution in [0.5, 0.6) is 0 Å². The van der Waals surface area contributed by atoms with Gasteiger partial charge >= 0.3 is 0 Å². The third-order valence-electron chi connectivity index (χ3n) is 3.71. The quantitative estimate of drug-likeness (QED) is 0.905. The van der Waals surface area contributed by atoms with Crippen LogP contribution in [0.15, 0.2) is 6.07 Å². The highest BCUT2D eigenvalue weighted by Gasteiger charge is 2.29. The zero-order valence-electron chi connectivity index (χ0n) is 11.0. The minimum absolute atomic E-state index is 0.370.